The molecule has 0 atom stereocenters. The first-order valence-electron chi connectivity index (χ1n) is 5.51. The number of nitrogens with zero attached hydrogens (tertiary/aromatic N) is 3. The quantitative estimate of drug-likeness (QED) is 0.938. The molecule has 17 heavy (non-hydrogen) atoms. The molecule has 2 aromatic heterocycles. The van der Waals surface area contributed by atoms with Crippen LogP contribution in [0.3, 0.4) is 0 Å². The van der Waals surface area contributed by atoms with Gasteiger partial charge in [0.05, 0.1) is 5.69 Å². The first-order valence-corrected chi connectivity index (χ1v) is 6.30. The van der Waals surface area contributed by atoms with E-state index in [-0.39, 0.29) is 0 Å². The van der Waals surface area contributed by atoms with Crippen molar-refractivity contribution in [1.82, 2.24) is 19.9 Å². The van der Waals surface area contributed by atoms with Crippen molar-refractivity contribution in [3.05, 3.63) is 34.8 Å². The van der Waals surface area contributed by atoms with Crippen molar-refractivity contribution >= 4 is 15.9 Å². The van der Waals surface area contributed by atoms with E-state index in [1.165, 1.54) is 0 Å². The summed E-state index contributed by atoms with van der Waals surface area (Å²) in [6.07, 6.45) is 2.69. The molecule has 0 aromatic carbocycles. The van der Waals surface area contributed by atoms with Gasteiger partial charge in [-0.15, -0.1) is 0 Å². The number of hydrogen-bond acceptors (Lipinski definition) is 3. The van der Waals surface area contributed by atoms with Gasteiger partial charge in [-0.3, -0.25) is 4.98 Å². The van der Waals surface area contributed by atoms with Crippen LogP contribution in [0.5, 0.6) is 0 Å². The van der Waals surface area contributed by atoms with Gasteiger partial charge in [0.2, 0.25) is 0 Å². The summed E-state index contributed by atoms with van der Waals surface area (Å²) in [7, 11) is 3.96. The van der Waals surface area contributed by atoms with Crippen molar-refractivity contribution in [1.29, 1.82) is 0 Å². The second-order valence-corrected chi connectivity index (χ2v) is 4.55. The lowest BCUT2D eigenvalue weighted by atomic mass is 10.3. The fourth-order valence-electron chi connectivity index (χ4n) is 1.75. The number of hydrogen-bond donors (Lipinski definition) is 1. The van der Waals surface area contributed by atoms with Crippen LogP contribution in [-0.2, 0) is 13.5 Å². The molecule has 0 aliphatic heterocycles. The third-order valence-electron chi connectivity index (χ3n) is 2.65. The molecular weight excluding hydrogens is 280 g/mol. The standard InChI is InChI=1S/C12H15BrN4/c1-14-8-6-10-16-12(13)11(17(10)2)9-5-3-4-7-15-9/h3-5,7,14H,6,8H2,1-2H3. The Hall–Kier alpha value is -1.20. The van der Waals surface area contributed by atoms with Crippen molar-refractivity contribution < 1.29 is 0 Å². The fourth-order valence-corrected chi connectivity index (χ4v) is 2.42. The van der Waals surface area contributed by atoms with E-state index >= 15 is 0 Å². The molecule has 0 aliphatic rings. The summed E-state index contributed by atoms with van der Waals surface area (Å²) in [5.74, 6) is 1.05. The molecule has 2 heterocycles. The summed E-state index contributed by atoms with van der Waals surface area (Å²) in [4.78, 5) is 8.88. The van der Waals surface area contributed by atoms with Gasteiger partial charge in [0.1, 0.15) is 16.1 Å². The lowest BCUT2D eigenvalue weighted by Gasteiger charge is -2.05. The Morgan fingerprint density at radius 3 is 2.88 bits per heavy atom. The van der Waals surface area contributed by atoms with Crippen LogP contribution in [0.4, 0.5) is 0 Å². The lowest BCUT2D eigenvalue weighted by Crippen LogP contribution is -2.13. The summed E-state index contributed by atoms with van der Waals surface area (Å²) < 4.78 is 2.94. The van der Waals surface area contributed by atoms with E-state index in [1.54, 1.807) is 6.20 Å². The average molecular weight is 295 g/mol. The van der Waals surface area contributed by atoms with Gasteiger partial charge in [0.25, 0.3) is 0 Å². The van der Waals surface area contributed by atoms with Crippen molar-refractivity contribution in [2.45, 2.75) is 6.42 Å². The predicted molar refractivity (Wildman–Crippen MR) is 71.8 cm³/mol. The molecule has 0 saturated carbocycles. The van der Waals surface area contributed by atoms with Crippen LogP contribution in [0.15, 0.2) is 29.0 Å². The first kappa shape index (κ1) is 12.3. The van der Waals surface area contributed by atoms with Crippen LogP contribution >= 0.6 is 15.9 Å². The van der Waals surface area contributed by atoms with E-state index in [2.05, 4.69) is 35.8 Å². The third-order valence-corrected chi connectivity index (χ3v) is 3.20. The molecule has 0 unspecified atom stereocenters. The highest BCUT2D eigenvalue weighted by molar-refractivity contribution is 9.10. The highest BCUT2D eigenvalue weighted by atomic mass is 79.9. The van der Waals surface area contributed by atoms with Crippen LogP contribution in [0.2, 0.25) is 0 Å². The van der Waals surface area contributed by atoms with Gasteiger partial charge in [-0.1, -0.05) is 6.07 Å². The minimum absolute atomic E-state index is 0.852. The van der Waals surface area contributed by atoms with Gasteiger partial charge < -0.3 is 9.88 Å². The number of halogens is 1. The molecular formula is C12H15BrN4. The normalized spacial score (nSPS) is 10.8. The van der Waals surface area contributed by atoms with Crippen molar-refractivity contribution in [3.8, 4) is 11.4 Å². The minimum Gasteiger partial charge on any atom is -0.329 e. The van der Waals surface area contributed by atoms with Crippen LogP contribution in [-0.4, -0.2) is 28.1 Å². The number of rotatable bonds is 4. The van der Waals surface area contributed by atoms with Crippen molar-refractivity contribution in [2.75, 3.05) is 13.6 Å². The summed E-state index contributed by atoms with van der Waals surface area (Å²) in [6.45, 7) is 0.916. The number of aromatic nitrogens is 3. The molecule has 0 aliphatic carbocycles. The summed E-state index contributed by atoms with van der Waals surface area (Å²) in [5.41, 5.74) is 1.96. The zero-order valence-electron chi connectivity index (χ0n) is 9.94. The smallest absolute Gasteiger partial charge is 0.134 e. The Balaban J connectivity index is 2.38. The van der Waals surface area contributed by atoms with Gasteiger partial charge in [0, 0.05) is 26.2 Å². The van der Waals surface area contributed by atoms with E-state index in [1.807, 2.05) is 32.3 Å². The highest BCUT2D eigenvalue weighted by Gasteiger charge is 2.14. The summed E-state index contributed by atoms with van der Waals surface area (Å²) in [6, 6.07) is 5.88. The van der Waals surface area contributed by atoms with Gasteiger partial charge in [-0.25, -0.2) is 4.98 Å². The molecule has 2 aromatic rings. The molecule has 5 heteroatoms. The van der Waals surface area contributed by atoms with Gasteiger partial charge in [-0.05, 0) is 35.1 Å². The molecule has 0 fully saturated rings. The maximum atomic E-state index is 4.52. The van der Waals surface area contributed by atoms with E-state index in [0.717, 1.165) is 34.8 Å². The fraction of sp³-hybridized carbons (Fsp3) is 0.333. The number of pyridine rings is 1. The zero-order chi connectivity index (χ0) is 12.3. The third kappa shape index (κ3) is 2.56. The Morgan fingerprint density at radius 1 is 1.41 bits per heavy atom. The second-order valence-electron chi connectivity index (χ2n) is 3.79. The molecule has 0 amide bonds. The molecule has 90 valence electrons. The zero-order valence-corrected chi connectivity index (χ0v) is 11.5. The maximum Gasteiger partial charge on any atom is 0.134 e. The van der Waals surface area contributed by atoms with E-state index in [9.17, 15) is 0 Å². The Bertz CT molecular complexity index is 493. The molecule has 1 N–H and O–H groups in total. The van der Waals surface area contributed by atoms with Crippen molar-refractivity contribution in [2.24, 2.45) is 7.05 Å². The maximum absolute atomic E-state index is 4.52. The Kier molecular flexibility index (Phi) is 3.91. The van der Waals surface area contributed by atoms with E-state index < -0.39 is 0 Å². The van der Waals surface area contributed by atoms with Crippen molar-refractivity contribution in [3.63, 3.8) is 0 Å². The van der Waals surface area contributed by atoms with E-state index in [0.29, 0.717) is 0 Å². The molecule has 0 saturated heterocycles. The summed E-state index contributed by atoms with van der Waals surface area (Å²) in [5, 5.41) is 3.13. The molecule has 0 bridgehead atoms. The van der Waals surface area contributed by atoms with Gasteiger partial charge in [-0.2, -0.15) is 0 Å². The lowest BCUT2D eigenvalue weighted by molar-refractivity contribution is 0.719. The Morgan fingerprint density at radius 2 is 2.24 bits per heavy atom. The molecule has 4 nitrogen and oxygen atoms in total. The molecule has 0 spiro atoms. The van der Waals surface area contributed by atoms with Crippen LogP contribution in [0.25, 0.3) is 11.4 Å². The summed E-state index contributed by atoms with van der Waals surface area (Å²) >= 11 is 3.50. The van der Waals surface area contributed by atoms with Crippen LogP contribution < -0.4 is 5.32 Å². The number of imidazole rings is 1. The monoisotopic (exact) mass is 294 g/mol. The number of likely N-dealkylation sites (N-methyl/N-ethyl adjacent to an activating group) is 1. The number of nitrogens with one attached hydrogen (secondary N) is 1. The average Bonchev–Trinajstić information content (AvgIpc) is 2.63. The van der Waals surface area contributed by atoms with Gasteiger partial charge in [0.15, 0.2) is 0 Å². The predicted octanol–water partition coefficient (Wildman–Crippen LogP) is 2.01. The second kappa shape index (κ2) is 5.42. The topological polar surface area (TPSA) is 42.7 Å². The van der Waals surface area contributed by atoms with Crippen LogP contribution in [0.1, 0.15) is 5.82 Å². The highest BCUT2D eigenvalue weighted by Crippen LogP contribution is 2.26. The Labute approximate surface area is 109 Å². The first-order chi connectivity index (χ1) is 8.24. The SMILES string of the molecule is CNCCc1nc(Br)c(-c2ccccn2)n1C. The largest absolute Gasteiger partial charge is 0.329 e. The minimum atomic E-state index is 0.852. The molecule has 0 radical (unpaired) electrons. The van der Waals surface area contributed by atoms with Gasteiger partial charge >= 0.3 is 0 Å². The van der Waals surface area contributed by atoms with E-state index in [4.69, 9.17) is 0 Å². The molecule has 2 rings (SSSR count). The van der Waals surface area contributed by atoms with Crippen LogP contribution in [0, 0.1) is 0 Å².